The van der Waals surface area contributed by atoms with Crippen LogP contribution in [0, 0.1) is 11.8 Å². The smallest absolute Gasteiger partial charge is 0.309 e. The second-order valence-corrected chi connectivity index (χ2v) is 10.9. The average Bonchev–Trinajstić information content (AvgIpc) is 3.73. The van der Waals surface area contributed by atoms with Crippen LogP contribution in [0.4, 0.5) is 0 Å². The fraction of sp³-hybridized carbons (Fsp3) is 0.469. The summed E-state index contributed by atoms with van der Waals surface area (Å²) in [4.78, 5) is 39.3. The lowest BCUT2D eigenvalue weighted by atomic mass is 9.92. The third-order valence-corrected chi connectivity index (χ3v) is 7.77. The van der Waals surface area contributed by atoms with Crippen LogP contribution in [0.3, 0.4) is 0 Å². The van der Waals surface area contributed by atoms with Gasteiger partial charge in [-0.25, -0.2) is 0 Å². The number of likely N-dealkylation sites (N-methyl/N-ethyl adjacent to an activating group) is 1. The monoisotopic (exact) mass is 566 g/mol. The molecule has 2 unspecified atom stereocenters. The molecule has 0 bridgehead atoms. The first-order valence-corrected chi connectivity index (χ1v) is 14.7. The van der Waals surface area contributed by atoms with E-state index >= 15 is 0 Å². The first-order chi connectivity index (χ1) is 19.4. The number of nitrogens with one attached hydrogen (secondary N) is 1. The summed E-state index contributed by atoms with van der Waals surface area (Å²) in [5.74, 6) is 1.47. The number of rotatable bonds is 13. The zero-order valence-corrected chi connectivity index (χ0v) is 24.1. The summed E-state index contributed by atoms with van der Waals surface area (Å²) in [6.45, 7) is 2.68. The van der Waals surface area contributed by atoms with Gasteiger partial charge in [0.05, 0.1) is 12.5 Å². The molecule has 40 heavy (non-hydrogen) atoms. The highest BCUT2D eigenvalue weighted by molar-refractivity contribution is 6.30. The van der Waals surface area contributed by atoms with E-state index in [1.54, 1.807) is 24.1 Å². The van der Waals surface area contributed by atoms with Crippen LogP contribution in [0.15, 0.2) is 54.6 Å². The van der Waals surface area contributed by atoms with E-state index in [9.17, 15) is 14.4 Å². The number of fused-ring (bicyclic) bond motifs is 1. The van der Waals surface area contributed by atoms with E-state index in [-0.39, 0.29) is 23.7 Å². The van der Waals surface area contributed by atoms with Gasteiger partial charge in [0, 0.05) is 31.5 Å². The number of amides is 2. The largest absolute Gasteiger partial charge is 0.466 e. The molecule has 0 aromatic heterocycles. The molecule has 0 spiro atoms. The van der Waals surface area contributed by atoms with Crippen molar-refractivity contribution < 1.29 is 23.9 Å². The van der Waals surface area contributed by atoms with Crippen LogP contribution in [0.2, 0.25) is 5.02 Å². The van der Waals surface area contributed by atoms with Gasteiger partial charge in [-0.2, -0.15) is 0 Å². The number of nitrogens with zero attached hydrogens (tertiary/aromatic N) is 1. The van der Waals surface area contributed by atoms with Crippen LogP contribution in [0.1, 0.15) is 63.0 Å². The summed E-state index contributed by atoms with van der Waals surface area (Å²) in [6.07, 6.45) is 10.9. The molecule has 0 radical (unpaired) electrons. The van der Waals surface area contributed by atoms with E-state index < -0.39 is 6.04 Å². The molecule has 2 amide bonds. The molecule has 2 aromatic rings. The highest BCUT2D eigenvalue weighted by Gasteiger charge is 2.42. The molecule has 1 N–H and O–H groups in total. The quantitative estimate of drug-likeness (QED) is 0.176. The molecule has 2 aromatic carbocycles. The molecular formula is C32H39ClN2O5. The first kappa shape index (κ1) is 29.7. The summed E-state index contributed by atoms with van der Waals surface area (Å²) < 4.78 is 11.0. The second-order valence-electron chi connectivity index (χ2n) is 10.5. The summed E-state index contributed by atoms with van der Waals surface area (Å²) in [6, 6.07) is 12.5. The summed E-state index contributed by atoms with van der Waals surface area (Å²) >= 11 is 6.07. The van der Waals surface area contributed by atoms with Crippen molar-refractivity contribution in [1.82, 2.24) is 10.2 Å². The van der Waals surface area contributed by atoms with Crippen LogP contribution in [-0.2, 0) is 32.1 Å². The maximum absolute atomic E-state index is 13.2. The maximum Gasteiger partial charge on any atom is 0.309 e. The van der Waals surface area contributed by atoms with Crippen LogP contribution in [0.5, 0.6) is 11.5 Å². The highest BCUT2D eigenvalue weighted by atomic mass is 35.5. The summed E-state index contributed by atoms with van der Waals surface area (Å²) in [5, 5.41) is 3.32. The number of hydrogen-bond donors (Lipinski definition) is 1. The topological polar surface area (TPSA) is 84.9 Å². The molecule has 3 atom stereocenters. The predicted molar refractivity (Wildman–Crippen MR) is 155 cm³/mol. The number of carbonyl (C=O) groups is 3. The van der Waals surface area contributed by atoms with Gasteiger partial charge >= 0.3 is 5.97 Å². The zero-order chi connectivity index (χ0) is 28.5. The Morgan fingerprint density at radius 2 is 1.85 bits per heavy atom. The Balaban J connectivity index is 1.23. The van der Waals surface area contributed by atoms with Crippen molar-refractivity contribution in [3.8, 4) is 11.5 Å². The first-order valence-electron chi connectivity index (χ1n) is 14.3. The number of esters is 1. The van der Waals surface area contributed by atoms with E-state index in [2.05, 4.69) is 17.5 Å². The standard InChI is InChI=1S/C32H39ClN2O5/c1-3-39-32(38)28-18-22(28)11-8-6-4-5-7-9-14-30(36)35-21-23-15-16-27(40-26-13-10-12-25(33)20-26)17-24(23)19-29(35)31(37)34-2/h8,10-13,15-17,20,22,28-29H,3-7,9,14,18-19,21H2,1-2H3,(H,34,37)/b11-8-/t22-,28?,29?/m1/s1. The number of hydrogen-bond acceptors (Lipinski definition) is 5. The molecule has 1 fully saturated rings. The molecule has 1 heterocycles. The van der Waals surface area contributed by atoms with E-state index in [1.165, 1.54) is 0 Å². The normalized spacial score (nSPS) is 19.7. The summed E-state index contributed by atoms with van der Waals surface area (Å²) in [7, 11) is 1.61. The number of ether oxygens (including phenoxy) is 2. The Hall–Kier alpha value is -3.32. The van der Waals surface area contributed by atoms with Crippen LogP contribution in [-0.4, -0.2) is 42.4 Å². The van der Waals surface area contributed by atoms with Gasteiger partial charge in [0.2, 0.25) is 11.8 Å². The fourth-order valence-electron chi connectivity index (χ4n) is 5.21. The molecule has 0 saturated heterocycles. The number of allylic oxidation sites excluding steroid dienone is 2. The van der Waals surface area contributed by atoms with Gasteiger partial charge in [0.25, 0.3) is 0 Å². The Labute approximate surface area is 241 Å². The van der Waals surface area contributed by atoms with Gasteiger partial charge in [0.1, 0.15) is 17.5 Å². The van der Waals surface area contributed by atoms with Crippen molar-refractivity contribution in [2.24, 2.45) is 11.8 Å². The molecule has 1 aliphatic heterocycles. The lowest BCUT2D eigenvalue weighted by molar-refractivity contribution is -0.144. The Morgan fingerprint density at radius 3 is 2.62 bits per heavy atom. The fourth-order valence-corrected chi connectivity index (χ4v) is 5.39. The molecule has 1 aliphatic carbocycles. The number of carbonyl (C=O) groups excluding carboxylic acids is 3. The van der Waals surface area contributed by atoms with Gasteiger partial charge < -0.3 is 19.7 Å². The predicted octanol–water partition coefficient (Wildman–Crippen LogP) is 6.23. The van der Waals surface area contributed by atoms with Crippen LogP contribution in [0.25, 0.3) is 0 Å². The molecule has 8 heteroatoms. The van der Waals surface area contributed by atoms with Gasteiger partial charge in [-0.3, -0.25) is 14.4 Å². The van der Waals surface area contributed by atoms with Crippen molar-refractivity contribution >= 4 is 29.4 Å². The van der Waals surface area contributed by atoms with E-state index in [1.807, 2.05) is 37.3 Å². The number of halogens is 1. The average molecular weight is 567 g/mol. The lowest BCUT2D eigenvalue weighted by Gasteiger charge is -2.36. The number of unbranched alkanes of at least 4 members (excludes halogenated alkanes) is 4. The van der Waals surface area contributed by atoms with Crippen LogP contribution < -0.4 is 10.1 Å². The van der Waals surface area contributed by atoms with Crippen molar-refractivity contribution in [3.05, 3.63) is 70.8 Å². The molecule has 7 nitrogen and oxygen atoms in total. The van der Waals surface area contributed by atoms with E-state index in [0.717, 1.165) is 49.7 Å². The van der Waals surface area contributed by atoms with E-state index in [4.69, 9.17) is 21.1 Å². The highest BCUT2D eigenvalue weighted by Crippen LogP contribution is 2.40. The Bertz CT molecular complexity index is 1230. The third kappa shape index (κ3) is 8.10. The van der Waals surface area contributed by atoms with Crippen molar-refractivity contribution in [3.63, 3.8) is 0 Å². The third-order valence-electron chi connectivity index (χ3n) is 7.53. The minimum atomic E-state index is -0.544. The van der Waals surface area contributed by atoms with Gasteiger partial charge in [-0.05, 0) is 80.0 Å². The molecular weight excluding hydrogens is 528 g/mol. The van der Waals surface area contributed by atoms with Crippen molar-refractivity contribution in [1.29, 1.82) is 0 Å². The lowest BCUT2D eigenvalue weighted by Crippen LogP contribution is -2.51. The van der Waals surface area contributed by atoms with Crippen molar-refractivity contribution in [2.45, 2.75) is 70.9 Å². The van der Waals surface area contributed by atoms with Gasteiger partial charge in [-0.1, -0.05) is 48.7 Å². The maximum atomic E-state index is 13.2. The number of benzene rings is 2. The SMILES string of the molecule is CCOC(=O)C1C[C@H]1/C=C\CCCCCCC(=O)N1Cc2ccc(Oc3cccc(Cl)c3)cc2CC1C(=O)NC. The minimum absolute atomic E-state index is 0.0112. The Kier molecular flexibility index (Phi) is 10.6. The molecule has 1 saturated carbocycles. The molecule has 214 valence electrons. The van der Waals surface area contributed by atoms with Gasteiger partial charge in [0.15, 0.2) is 0 Å². The van der Waals surface area contributed by atoms with Crippen LogP contribution >= 0.6 is 11.6 Å². The summed E-state index contributed by atoms with van der Waals surface area (Å²) in [5.41, 5.74) is 2.03. The van der Waals surface area contributed by atoms with Gasteiger partial charge in [-0.15, -0.1) is 0 Å². The van der Waals surface area contributed by atoms with E-state index in [0.29, 0.717) is 48.4 Å². The molecule has 2 aliphatic rings. The second kappa shape index (κ2) is 14.4. The van der Waals surface area contributed by atoms with Crippen molar-refractivity contribution in [2.75, 3.05) is 13.7 Å². The zero-order valence-electron chi connectivity index (χ0n) is 23.4. The minimum Gasteiger partial charge on any atom is -0.466 e. The Morgan fingerprint density at radius 1 is 1.05 bits per heavy atom. The molecule has 4 rings (SSSR count).